The first kappa shape index (κ1) is 12.4. The molecule has 2 heterocycles. The minimum atomic E-state index is -2.35. The number of carbonyl (C=O) groups excluding carboxylic acids is 1. The van der Waals surface area contributed by atoms with Crippen LogP contribution in [0, 0.1) is 6.92 Å². The summed E-state index contributed by atoms with van der Waals surface area (Å²) < 4.78 is 13.8. The predicted octanol–water partition coefficient (Wildman–Crippen LogP) is 0.424. The van der Waals surface area contributed by atoms with Crippen LogP contribution >= 0.6 is 0 Å². The molecule has 6 nitrogen and oxygen atoms in total. The van der Waals surface area contributed by atoms with Crippen molar-refractivity contribution in [3.05, 3.63) is 23.8 Å². The Morgan fingerprint density at radius 2 is 2.28 bits per heavy atom. The largest absolute Gasteiger partial charge is 0.479 e. The molecule has 2 rings (SSSR count). The van der Waals surface area contributed by atoms with Crippen LogP contribution in [-0.4, -0.2) is 50.6 Å². The lowest BCUT2D eigenvalue weighted by Gasteiger charge is -2.18. The Morgan fingerprint density at radius 1 is 1.56 bits per heavy atom. The molecule has 0 unspecified atom stereocenters. The van der Waals surface area contributed by atoms with Crippen molar-refractivity contribution in [3.63, 3.8) is 0 Å². The fraction of sp³-hybridized carbons (Fsp3) is 0.455. The molecule has 0 spiro atoms. The number of carbonyl (C=O) groups is 2. The van der Waals surface area contributed by atoms with Gasteiger partial charge in [-0.3, -0.25) is 4.79 Å². The molecule has 1 aromatic heterocycles. The van der Waals surface area contributed by atoms with E-state index in [0.717, 1.165) is 0 Å². The van der Waals surface area contributed by atoms with E-state index in [2.05, 4.69) is 9.97 Å². The average Bonchev–Trinajstić information content (AvgIpc) is 2.73. The van der Waals surface area contributed by atoms with Crippen LogP contribution in [0.5, 0.6) is 0 Å². The van der Waals surface area contributed by atoms with Crippen molar-refractivity contribution in [1.82, 2.24) is 14.9 Å². The van der Waals surface area contributed by atoms with Gasteiger partial charge < -0.3 is 10.0 Å². The highest BCUT2D eigenvalue weighted by Gasteiger charge is 2.47. The molecular formula is C11H12FN3O3. The molecule has 1 aliphatic heterocycles. The Bertz CT molecular complexity index is 508. The first-order chi connectivity index (χ1) is 8.44. The number of rotatable bonds is 2. The quantitative estimate of drug-likeness (QED) is 0.826. The molecule has 1 amide bonds. The zero-order valence-corrected chi connectivity index (χ0v) is 9.76. The monoisotopic (exact) mass is 253 g/mol. The molecule has 0 bridgehead atoms. The van der Waals surface area contributed by atoms with Gasteiger partial charge in [0, 0.05) is 19.2 Å². The summed E-state index contributed by atoms with van der Waals surface area (Å²) in [4.78, 5) is 31.6. The second-order valence-corrected chi connectivity index (χ2v) is 4.27. The molecule has 1 N–H and O–H groups in total. The lowest BCUT2D eigenvalue weighted by atomic mass is 10.1. The van der Waals surface area contributed by atoms with Crippen LogP contribution in [-0.2, 0) is 4.79 Å². The van der Waals surface area contributed by atoms with Gasteiger partial charge in [0.2, 0.25) is 5.67 Å². The third-order valence-electron chi connectivity index (χ3n) is 3.03. The van der Waals surface area contributed by atoms with Crippen LogP contribution in [0.2, 0.25) is 0 Å². The van der Waals surface area contributed by atoms with Gasteiger partial charge >= 0.3 is 5.97 Å². The maximum absolute atomic E-state index is 13.8. The Labute approximate surface area is 102 Å². The van der Waals surface area contributed by atoms with Gasteiger partial charge in [-0.2, -0.15) is 0 Å². The molecule has 0 saturated carbocycles. The van der Waals surface area contributed by atoms with Crippen molar-refractivity contribution in [2.45, 2.75) is 19.0 Å². The first-order valence-corrected chi connectivity index (χ1v) is 5.42. The van der Waals surface area contributed by atoms with E-state index in [-0.39, 0.29) is 18.5 Å². The van der Waals surface area contributed by atoms with E-state index in [1.54, 1.807) is 6.92 Å². The van der Waals surface area contributed by atoms with E-state index >= 15 is 0 Å². The third kappa shape index (κ3) is 2.03. The number of aromatic nitrogens is 2. The number of halogens is 1. The Morgan fingerprint density at radius 3 is 2.83 bits per heavy atom. The van der Waals surface area contributed by atoms with Crippen molar-refractivity contribution in [2.75, 3.05) is 13.1 Å². The molecule has 0 aliphatic carbocycles. The minimum Gasteiger partial charge on any atom is -0.479 e. The van der Waals surface area contributed by atoms with Crippen molar-refractivity contribution < 1.29 is 19.1 Å². The molecule has 0 radical (unpaired) electrons. The van der Waals surface area contributed by atoms with E-state index in [9.17, 15) is 14.0 Å². The number of likely N-dealkylation sites (tertiary alicyclic amines) is 1. The number of hydrogen-bond acceptors (Lipinski definition) is 4. The van der Waals surface area contributed by atoms with E-state index in [0.29, 0.717) is 5.69 Å². The first-order valence-electron chi connectivity index (χ1n) is 5.42. The Balaban J connectivity index is 2.18. The number of aryl methyl sites for hydroxylation is 1. The summed E-state index contributed by atoms with van der Waals surface area (Å²) in [6.07, 6.45) is 2.47. The van der Waals surface area contributed by atoms with Crippen LogP contribution in [0.25, 0.3) is 0 Å². The van der Waals surface area contributed by atoms with Crippen LogP contribution in [0.15, 0.2) is 12.5 Å². The molecule has 96 valence electrons. The standard InChI is InChI=1S/C11H12FN3O3/c1-7-8(4-13-6-14-7)9(16)15-3-2-11(12,5-15)10(17)18/h4,6H,2-3,5H2,1H3,(H,17,18)/t11-/m0/s1. The Hall–Kier alpha value is -2.05. The summed E-state index contributed by atoms with van der Waals surface area (Å²) >= 11 is 0. The molecule has 1 aromatic rings. The van der Waals surface area contributed by atoms with Crippen molar-refractivity contribution in [2.24, 2.45) is 0 Å². The normalized spacial score (nSPS) is 23.1. The summed E-state index contributed by atoms with van der Waals surface area (Å²) in [5, 5.41) is 8.76. The van der Waals surface area contributed by atoms with Crippen molar-refractivity contribution in [3.8, 4) is 0 Å². The lowest BCUT2D eigenvalue weighted by Crippen LogP contribution is -2.39. The SMILES string of the molecule is Cc1ncncc1C(=O)N1CC[C@@](F)(C(=O)O)C1. The molecule has 1 saturated heterocycles. The summed E-state index contributed by atoms with van der Waals surface area (Å²) in [6.45, 7) is 1.29. The van der Waals surface area contributed by atoms with Crippen molar-refractivity contribution in [1.29, 1.82) is 0 Å². The van der Waals surface area contributed by atoms with Gasteiger partial charge in [0.1, 0.15) is 6.33 Å². The van der Waals surface area contributed by atoms with Gasteiger partial charge in [-0.05, 0) is 6.92 Å². The van der Waals surface area contributed by atoms with Gasteiger partial charge in [0.15, 0.2) is 0 Å². The lowest BCUT2D eigenvalue weighted by molar-refractivity contribution is -0.149. The molecule has 1 fully saturated rings. The maximum Gasteiger partial charge on any atom is 0.343 e. The van der Waals surface area contributed by atoms with Gasteiger partial charge in [0.25, 0.3) is 5.91 Å². The molecular weight excluding hydrogens is 241 g/mol. The summed E-state index contributed by atoms with van der Waals surface area (Å²) in [5.41, 5.74) is -1.59. The van der Waals surface area contributed by atoms with E-state index in [1.807, 2.05) is 0 Å². The van der Waals surface area contributed by atoms with Crippen LogP contribution in [0.4, 0.5) is 4.39 Å². The third-order valence-corrected chi connectivity index (χ3v) is 3.03. The topological polar surface area (TPSA) is 83.4 Å². The highest BCUT2D eigenvalue weighted by molar-refractivity contribution is 5.95. The number of amides is 1. The zero-order valence-electron chi connectivity index (χ0n) is 9.76. The van der Waals surface area contributed by atoms with Crippen molar-refractivity contribution >= 4 is 11.9 Å². The second-order valence-electron chi connectivity index (χ2n) is 4.27. The highest BCUT2D eigenvalue weighted by atomic mass is 19.1. The van der Waals surface area contributed by atoms with Gasteiger partial charge in [-0.1, -0.05) is 0 Å². The molecule has 1 aliphatic rings. The number of carboxylic acids is 1. The number of carboxylic acid groups (broad SMARTS) is 1. The van der Waals surface area contributed by atoms with Crippen LogP contribution in [0.3, 0.4) is 0 Å². The molecule has 0 aromatic carbocycles. The zero-order chi connectivity index (χ0) is 13.3. The van der Waals surface area contributed by atoms with E-state index < -0.39 is 24.1 Å². The predicted molar refractivity (Wildman–Crippen MR) is 58.8 cm³/mol. The number of hydrogen-bond donors (Lipinski definition) is 1. The second kappa shape index (κ2) is 4.32. The molecule has 18 heavy (non-hydrogen) atoms. The highest BCUT2D eigenvalue weighted by Crippen LogP contribution is 2.27. The van der Waals surface area contributed by atoms with Gasteiger partial charge in [0.05, 0.1) is 17.8 Å². The summed E-state index contributed by atoms with van der Waals surface area (Å²) in [5.74, 6) is -1.97. The molecule has 1 atom stereocenters. The van der Waals surface area contributed by atoms with Crippen LogP contribution < -0.4 is 0 Å². The van der Waals surface area contributed by atoms with E-state index in [4.69, 9.17) is 5.11 Å². The number of aliphatic carboxylic acids is 1. The van der Waals surface area contributed by atoms with Gasteiger partial charge in [-0.15, -0.1) is 0 Å². The van der Waals surface area contributed by atoms with Gasteiger partial charge in [-0.25, -0.2) is 19.2 Å². The number of alkyl halides is 1. The maximum atomic E-state index is 13.8. The minimum absolute atomic E-state index is 0.0793. The summed E-state index contributed by atoms with van der Waals surface area (Å²) in [6, 6.07) is 0. The van der Waals surface area contributed by atoms with Crippen LogP contribution in [0.1, 0.15) is 22.5 Å². The van der Waals surface area contributed by atoms with E-state index in [1.165, 1.54) is 17.4 Å². The Kier molecular flexibility index (Phi) is 2.98. The average molecular weight is 253 g/mol. The summed E-state index contributed by atoms with van der Waals surface area (Å²) in [7, 11) is 0. The smallest absolute Gasteiger partial charge is 0.343 e. The fourth-order valence-corrected chi connectivity index (χ4v) is 1.89. The fourth-order valence-electron chi connectivity index (χ4n) is 1.89. The molecule has 7 heteroatoms. The number of nitrogens with zero attached hydrogens (tertiary/aromatic N) is 3.